The topological polar surface area (TPSA) is 9.23 Å². The van der Waals surface area contributed by atoms with Crippen LogP contribution < -0.4 is 0 Å². The van der Waals surface area contributed by atoms with Crippen LogP contribution in [0.25, 0.3) is 0 Å². The van der Waals surface area contributed by atoms with Gasteiger partial charge in [0.05, 0.1) is 0 Å². The number of unbranched alkanes of at least 4 members (excludes halogenated alkanes) is 1. The molecule has 0 N–H and O–H groups in total. The molecule has 0 aliphatic rings. The summed E-state index contributed by atoms with van der Waals surface area (Å²) >= 11 is 0.313. The van der Waals surface area contributed by atoms with Crippen molar-refractivity contribution in [2.24, 2.45) is 0 Å². The van der Waals surface area contributed by atoms with Crippen molar-refractivity contribution in [3.63, 3.8) is 0 Å². The lowest BCUT2D eigenvalue weighted by atomic mass is 10.4. The van der Waals surface area contributed by atoms with E-state index in [0.29, 0.717) is 15.6 Å². The van der Waals surface area contributed by atoms with Crippen molar-refractivity contribution in [1.82, 2.24) is 0 Å². The molecule has 0 fully saturated rings. The molecule has 0 unspecified atom stereocenters. The smallest absolute Gasteiger partial charge is 0.423 e. The van der Waals surface area contributed by atoms with Crippen LogP contribution in [0, 0.1) is 0 Å². The van der Waals surface area contributed by atoms with E-state index in [1.807, 2.05) is 0 Å². The molecule has 0 bridgehead atoms. The maximum Gasteiger partial charge on any atom is 0.423 e. The van der Waals surface area contributed by atoms with E-state index in [1.165, 1.54) is 18.1 Å². The van der Waals surface area contributed by atoms with Crippen molar-refractivity contribution < 1.29 is 3.79 Å². The zero-order valence-corrected chi connectivity index (χ0v) is 8.19. The predicted molar refractivity (Wildman–Crippen MR) is 44.3 cm³/mol. The average Bonchev–Trinajstić information content (AvgIpc) is 1.81. The van der Waals surface area contributed by atoms with Crippen molar-refractivity contribution >= 4 is 28.0 Å². The molecule has 0 rings (SSSR count). The Hall–Kier alpha value is 0.782. The molecule has 0 aliphatic heterocycles. The Balaban J connectivity index is 0. The second kappa shape index (κ2) is 11.6. The quantitative estimate of drug-likeness (QED) is 0.449. The highest BCUT2D eigenvalue weighted by Crippen LogP contribution is 1.86. The second-order valence-corrected chi connectivity index (χ2v) is 3.28. The van der Waals surface area contributed by atoms with Crippen molar-refractivity contribution in [3.8, 4) is 0 Å². The zero-order valence-electron chi connectivity index (χ0n) is 6.22. The van der Waals surface area contributed by atoms with Crippen LogP contribution in [-0.2, 0) is 3.79 Å². The molecule has 0 saturated heterocycles. The van der Waals surface area contributed by atoms with Crippen molar-refractivity contribution in [3.05, 3.63) is 0 Å². The van der Waals surface area contributed by atoms with Gasteiger partial charge in [0.25, 0.3) is 0 Å². The van der Waals surface area contributed by atoms with Crippen LogP contribution >= 0.6 is 12.4 Å². The van der Waals surface area contributed by atoms with E-state index in [1.54, 1.807) is 0 Å². The minimum atomic E-state index is 0. The number of hydrogen-bond acceptors (Lipinski definition) is 1. The summed E-state index contributed by atoms with van der Waals surface area (Å²) in [5, 5.41) is 1.23. The van der Waals surface area contributed by atoms with Crippen LogP contribution in [0.3, 0.4) is 0 Å². The van der Waals surface area contributed by atoms with Gasteiger partial charge < -0.3 is 3.79 Å². The molecule has 0 aromatic carbocycles. The first-order valence-electron chi connectivity index (χ1n) is 3.35. The van der Waals surface area contributed by atoms with Gasteiger partial charge in [0.2, 0.25) is 0 Å². The summed E-state index contributed by atoms with van der Waals surface area (Å²) in [7, 11) is 0. The lowest BCUT2D eigenvalue weighted by molar-refractivity contribution is 0.326. The van der Waals surface area contributed by atoms with Gasteiger partial charge in [0, 0.05) is 6.61 Å². The van der Waals surface area contributed by atoms with Gasteiger partial charge in [-0.15, -0.1) is 12.4 Å². The minimum absolute atomic E-state index is 0. The number of hydrogen-bond donors (Lipinski definition) is 0. The molecular weight excluding hydrogens is 150 g/mol. The maximum absolute atomic E-state index is 5.31. The van der Waals surface area contributed by atoms with E-state index in [-0.39, 0.29) is 12.4 Å². The fourth-order valence-electron chi connectivity index (χ4n) is 0.429. The van der Waals surface area contributed by atoms with Crippen molar-refractivity contribution in [1.29, 1.82) is 0 Å². The van der Waals surface area contributed by atoms with E-state index in [4.69, 9.17) is 3.79 Å². The van der Waals surface area contributed by atoms with Gasteiger partial charge in [0.15, 0.2) is 0 Å². The molecule has 1 radical (unpaired) electrons. The standard InChI is InChI=1S/C4H9O.C2H5.Al.ClH/c1-2-3-4-5;1-2;;/h2-4H2,1H3;1H2,2H3;;1H/q-1;;+1;. The molecule has 0 aromatic heterocycles. The van der Waals surface area contributed by atoms with Crippen LogP contribution in [0.2, 0.25) is 5.28 Å². The summed E-state index contributed by atoms with van der Waals surface area (Å²) in [6, 6.07) is 0. The SMILES string of the molecule is CCCC[O][Al][CH2]C.Cl. The molecule has 0 aliphatic carbocycles. The van der Waals surface area contributed by atoms with Crippen LogP contribution in [0.5, 0.6) is 0 Å². The van der Waals surface area contributed by atoms with Gasteiger partial charge in [0.1, 0.15) is 0 Å². The highest BCUT2D eigenvalue weighted by atomic mass is 35.5. The van der Waals surface area contributed by atoms with Gasteiger partial charge in [-0.2, -0.15) is 0 Å². The molecule has 0 heterocycles. The largest absolute Gasteiger partial charge is 0.507 e. The van der Waals surface area contributed by atoms with E-state index >= 15 is 0 Å². The highest BCUT2D eigenvalue weighted by Gasteiger charge is 1.86. The van der Waals surface area contributed by atoms with Gasteiger partial charge in [-0.05, 0) is 6.42 Å². The molecule has 0 aromatic rings. The van der Waals surface area contributed by atoms with Crippen LogP contribution in [-0.4, -0.2) is 22.2 Å². The summed E-state index contributed by atoms with van der Waals surface area (Å²) in [4.78, 5) is 0. The molecule has 0 amide bonds. The summed E-state index contributed by atoms with van der Waals surface area (Å²) in [5.74, 6) is 0. The molecular formula is C6H15AlClO. The van der Waals surface area contributed by atoms with Crippen LogP contribution in [0.4, 0.5) is 0 Å². The fraction of sp³-hybridized carbons (Fsp3) is 1.00. The Labute approximate surface area is 70.6 Å². The Morgan fingerprint density at radius 2 is 2.00 bits per heavy atom. The van der Waals surface area contributed by atoms with E-state index < -0.39 is 0 Å². The summed E-state index contributed by atoms with van der Waals surface area (Å²) < 4.78 is 5.31. The normalized spacial score (nSPS) is 8.22. The molecule has 9 heavy (non-hydrogen) atoms. The maximum atomic E-state index is 5.31. The van der Waals surface area contributed by atoms with Crippen LogP contribution in [0.1, 0.15) is 26.7 Å². The van der Waals surface area contributed by atoms with Gasteiger partial charge in [-0.25, -0.2) is 0 Å². The van der Waals surface area contributed by atoms with E-state index in [0.717, 1.165) is 6.61 Å². The average molecular weight is 166 g/mol. The van der Waals surface area contributed by atoms with Crippen molar-refractivity contribution in [2.75, 3.05) is 6.61 Å². The first kappa shape index (κ1) is 12.5. The van der Waals surface area contributed by atoms with Gasteiger partial charge in [-0.1, -0.05) is 25.6 Å². The summed E-state index contributed by atoms with van der Waals surface area (Å²) in [5.41, 5.74) is 0. The Morgan fingerprint density at radius 3 is 2.44 bits per heavy atom. The Morgan fingerprint density at radius 1 is 1.33 bits per heavy atom. The molecule has 55 valence electrons. The first-order chi connectivity index (χ1) is 3.91. The first-order valence-corrected chi connectivity index (χ1v) is 4.63. The van der Waals surface area contributed by atoms with Crippen molar-refractivity contribution in [2.45, 2.75) is 32.0 Å². The summed E-state index contributed by atoms with van der Waals surface area (Å²) in [6.07, 6.45) is 2.48. The fourth-order valence-corrected chi connectivity index (χ4v) is 0.998. The lowest BCUT2D eigenvalue weighted by Crippen LogP contribution is -1.97. The number of rotatable bonds is 5. The Bertz CT molecular complexity index is 38.0. The molecule has 3 heteroatoms. The Kier molecular flexibility index (Phi) is 16.0. The third-order valence-corrected chi connectivity index (χ3v) is 1.70. The summed E-state index contributed by atoms with van der Waals surface area (Å²) in [6.45, 7) is 5.34. The van der Waals surface area contributed by atoms with Crippen LogP contribution in [0.15, 0.2) is 0 Å². The molecule has 0 atom stereocenters. The monoisotopic (exact) mass is 165 g/mol. The minimum Gasteiger partial charge on any atom is -0.507 e. The molecule has 0 saturated carbocycles. The lowest BCUT2D eigenvalue weighted by Gasteiger charge is -1.97. The van der Waals surface area contributed by atoms with Gasteiger partial charge >= 0.3 is 15.6 Å². The predicted octanol–water partition coefficient (Wildman–Crippen LogP) is 2.28. The third kappa shape index (κ3) is 12.1. The zero-order chi connectivity index (χ0) is 6.24. The second-order valence-electron chi connectivity index (χ2n) is 1.80. The molecule has 1 nitrogen and oxygen atoms in total. The van der Waals surface area contributed by atoms with E-state index in [9.17, 15) is 0 Å². The third-order valence-electron chi connectivity index (χ3n) is 0.900. The van der Waals surface area contributed by atoms with Gasteiger partial charge in [-0.3, -0.25) is 0 Å². The highest BCUT2D eigenvalue weighted by molar-refractivity contribution is 6.26. The van der Waals surface area contributed by atoms with E-state index in [2.05, 4.69) is 13.8 Å². The number of halogens is 1. The molecule has 0 spiro atoms.